The number of hydrogen-bond acceptors (Lipinski definition) is 2. The first-order valence-corrected chi connectivity index (χ1v) is 5.22. The van der Waals surface area contributed by atoms with Crippen LogP contribution in [-0.4, -0.2) is 46.3 Å². The minimum Gasteiger partial charge on any atom is -0.355 e. The Hall–Kier alpha value is 0.200. The van der Waals surface area contributed by atoms with Gasteiger partial charge in [-0.25, -0.2) is 0 Å². The third kappa shape index (κ3) is 2.34. The number of piperazine rings is 1. The molecule has 1 atom stereocenters. The van der Waals surface area contributed by atoms with Gasteiger partial charge in [-0.3, -0.25) is 4.90 Å². The molecule has 1 saturated heterocycles. The topological polar surface area (TPSA) is 6.48 Å². The Morgan fingerprint density at radius 2 is 2.25 bits per heavy atom. The molecule has 12 heavy (non-hydrogen) atoms. The molecule has 1 aliphatic heterocycles. The normalized spacial score (nSPS) is 25.9. The minimum absolute atomic E-state index is 0.605. The van der Waals surface area contributed by atoms with E-state index >= 15 is 0 Å². The first kappa shape index (κ1) is 10.3. The zero-order valence-electron chi connectivity index (χ0n) is 7.66. The maximum absolute atomic E-state index is 5.01. The van der Waals surface area contributed by atoms with Gasteiger partial charge in [-0.2, -0.15) is 0 Å². The van der Waals surface area contributed by atoms with Crippen molar-refractivity contribution in [1.29, 1.82) is 0 Å². The highest BCUT2D eigenvalue weighted by Crippen LogP contribution is 2.10. The van der Waals surface area contributed by atoms with E-state index in [2.05, 4.69) is 36.3 Å². The van der Waals surface area contributed by atoms with E-state index in [0.717, 1.165) is 30.5 Å². The monoisotopic (exact) mass is 204 g/mol. The SMILES string of the molecule is CCN1CCN(C(=S)S)CC1C. The highest BCUT2D eigenvalue weighted by molar-refractivity contribution is 8.10. The van der Waals surface area contributed by atoms with Crippen molar-refractivity contribution in [1.82, 2.24) is 9.80 Å². The van der Waals surface area contributed by atoms with Crippen LogP contribution in [0, 0.1) is 0 Å². The average molecular weight is 204 g/mol. The van der Waals surface area contributed by atoms with Gasteiger partial charge in [-0.1, -0.05) is 19.1 Å². The van der Waals surface area contributed by atoms with Crippen LogP contribution in [0.2, 0.25) is 0 Å². The summed E-state index contributed by atoms with van der Waals surface area (Å²) < 4.78 is 0.734. The second kappa shape index (κ2) is 4.44. The van der Waals surface area contributed by atoms with Crippen molar-refractivity contribution >= 4 is 29.2 Å². The molecule has 0 aromatic heterocycles. The number of nitrogens with zero attached hydrogens (tertiary/aromatic N) is 2. The molecule has 1 rings (SSSR count). The molecule has 0 saturated carbocycles. The van der Waals surface area contributed by atoms with E-state index in [1.54, 1.807) is 0 Å². The van der Waals surface area contributed by atoms with Crippen molar-refractivity contribution in [3.63, 3.8) is 0 Å². The van der Waals surface area contributed by atoms with Crippen LogP contribution in [-0.2, 0) is 0 Å². The fraction of sp³-hybridized carbons (Fsp3) is 0.875. The summed E-state index contributed by atoms with van der Waals surface area (Å²) in [5, 5.41) is 0. The molecule has 1 heterocycles. The Labute approximate surface area is 85.3 Å². The molecule has 0 aromatic carbocycles. The molecule has 1 aliphatic rings. The van der Waals surface area contributed by atoms with Gasteiger partial charge in [-0.15, -0.1) is 12.6 Å². The molecular formula is C8H16N2S2. The number of thiocarbonyl (C=S) groups is 1. The smallest absolute Gasteiger partial charge is 0.133 e. The second-order valence-electron chi connectivity index (χ2n) is 3.21. The van der Waals surface area contributed by atoms with Crippen LogP contribution in [0.4, 0.5) is 0 Å². The van der Waals surface area contributed by atoms with Gasteiger partial charge in [-0.05, 0) is 13.5 Å². The average Bonchev–Trinajstić information content (AvgIpc) is 2.04. The first-order valence-electron chi connectivity index (χ1n) is 4.37. The van der Waals surface area contributed by atoms with E-state index in [1.165, 1.54) is 0 Å². The summed E-state index contributed by atoms with van der Waals surface area (Å²) >= 11 is 9.19. The number of likely N-dealkylation sites (N-methyl/N-ethyl adjacent to an activating group) is 1. The number of rotatable bonds is 1. The molecule has 2 nitrogen and oxygen atoms in total. The fourth-order valence-corrected chi connectivity index (χ4v) is 1.99. The van der Waals surface area contributed by atoms with Crippen LogP contribution in [0.5, 0.6) is 0 Å². The Balaban J connectivity index is 2.46. The van der Waals surface area contributed by atoms with Crippen LogP contribution < -0.4 is 0 Å². The summed E-state index contributed by atoms with van der Waals surface area (Å²) in [6, 6.07) is 0.605. The van der Waals surface area contributed by atoms with Crippen molar-refractivity contribution in [3.8, 4) is 0 Å². The standard InChI is InChI=1S/C8H16N2S2/c1-3-9-4-5-10(8(11)12)6-7(9)2/h7H,3-6H2,1-2H3,(H,11,12). The third-order valence-corrected chi connectivity index (χ3v) is 2.98. The Morgan fingerprint density at radius 1 is 1.58 bits per heavy atom. The van der Waals surface area contributed by atoms with Crippen LogP contribution >= 0.6 is 24.8 Å². The summed E-state index contributed by atoms with van der Waals surface area (Å²) in [6.07, 6.45) is 0. The molecule has 0 radical (unpaired) electrons. The maximum atomic E-state index is 5.01. The molecule has 0 amide bonds. The van der Waals surface area contributed by atoms with Crippen LogP contribution in [0.15, 0.2) is 0 Å². The van der Waals surface area contributed by atoms with E-state index in [-0.39, 0.29) is 0 Å². The number of hydrogen-bond donors (Lipinski definition) is 1. The van der Waals surface area contributed by atoms with E-state index < -0.39 is 0 Å². The lowest BCUT2D eigenvalue weighted by Gasteiger charge is -2.39. The molecule has 1 unspecified atom stereocenters. The predicted molar refractivity (Wildman–Crippen MR) is 59.9 cm³/mol. The summed E-state index contributed by atoms with van der Waals surface area (Å²) in [4.78, 5) is 4.62. The van der Waals surface area contributed by atoms with Crippen molar-refractivity contribution in [2.75, 3.05) is 26.2 Å². The van der Waals surface area contributed by atoms with Crippen molar-refractivity contribution in [3.05, 3.63) is 0 Å². The van der Waals surface area contributed by atoms with Gasteiger partial charge in [0.05, 0.1) is 0 Å². The van der Waals surface area contributed by atoms with E-state index in [4.69, 9.17) is 12.2 Å². The van der Waals surface area contributed by atoms with Gasteiger partial charge in [0.2, 0.25) is 0 Å². The second-order valence-corrected chi connectivity index (χ2v) is 4.32. The van der Waals surface area contributed by atoms with Crippen LogP contribution in [0.25, 0.3) is 0 Å². The lowest BCUT2D eigenvalue weighted by atomic mass is 10.2. The molecule has 0 bridgehead atoms. The van der Waals surface area contributed by atoms with Gasteiger partial charge in [0, 0.05) is 25.7 Å². The van der Waals surface area contributed by atoms with Gasteiger partial charge < -0.3 is 4.90 Å². The van der Waals surface area contributed by atoms with Crippen molar-refractivity contribution < 1.29 is 0 Å². The molecule has 0 aliphatic carbocycles. The largest absolute Gasteiger partial charge is 0.355 e. The van der Waals surface area contributed by atoms with Crippen molar-refractivity contribution in [2.45, 2.75) is 19.9 Å². The molecule has 70 valence electrons. The minimum atomic E-state index is 0.605. The predicted octanol–water partition coefficient (Wildman–Crippen LogP) is 1.23. The molecule has 4 heteroatoms. The molecular weight excluding hydrogens is 188 g/mol. The zero-order chi connectivity index (χ0) is 9.14. The van der Waals surface area contributed by atoms with E-state index in [1.807, 2.05) is 0 Å². The zero-order valence-corrected chi connectivity index (χ0v) is 9.37. The van der Waals surface area contributed by atoms with Crippen LogP contribution in [0.3, 0.4) is 0 Å². The van der Waals surface area contributed by atoms with Gasteiger partial charge >= 0.3 is 0 Å². The van der Waals surface area contributed by atoms with Crippen LogP contribution in [0.1, 0.15) is 13.8 Å². The Bertz CT molecular complexity index is 172. The maximum Gasteiger partial charge on any atom is 0.133 e. The first-order chi connectivity index (χ1) is 5.65. The summed E-state index contributed by atoms with van der Waals surface area (Å²) in [5.74, 6) is 0. The highest BCUT2D eigenvalue weighted by Gasteiger charge is 2.22. The van der Waals surface area contributed by atoms with E-state index in [9.17, 15) is 0 Å². The Morgan fingerprint density at radius 3 is 2.67 bits per heavy atom. The quantitative estimate of drug-likeness (QED) is 0.507. The summed E-state index contributed by atoms with van der Waals surface area (Å²) in [5.41, 5.74) is 0. The van der Waals surface area contributed by atoms with Gasteiger partial charge in [0.15, 0.2) is 0 Å². The lowest BCUT2D eigenvalue weighted by molar-refractivity contribution is 0.133. The molecule has 0 N–H and O–H groups in total. The molecule has 0 aromatic rings. The summed E-state index contributed by atoms with van der Waals surface area (Å²) in [6.45, 7) is 8.73. The lowest BCUT2D eigenvalue weighted by Crippen LogP contribution is -2.52. The Kier molecular flexibility index (Phi) is 3.80. The molecule has 1 fully saturated rings. The summed E-state index contributed by atoms with van der Waals surface area (Å²) in [7, 11) is 0. The molecule has 0 spiro atoms. The number of thiol groups is 1. The van der Waals surface area contributed by atoms with Gasteiger partial charge in [0.25, 0.3) is 0 Å². The third-order valence-electron chi connectivity index (χ3n) is 2.44. The fourth-order valence-electron chi connectivity index (χ4n) is 1.64. The van der Waals surface area contributed by atoms with Gasteiger partial charge in [0.1, 0.15) is 4.32 Å². The van der Waals surface area contributed by atoms with E-state index in [0.29, 0.717) is 6.04 Å². The highest BCUT2D eigenvalue weighted by atomic mass is 32.1. The van der Waals surface area contributed by atoms with Crippen molar-refractivity contribution in [2.24, 2.45) is 0 Å².